The Morgan fingerprint density at radius 1 is 1.00 bits per heavy atom. The second-order valence-corrected chi connectivity index (χ2v) is 11.9. The van der Waals surface area contributed by atoms with E-state index in [0.29, 0.717) is 0 Å². The fraction of sp³-hybridized carbons (Fsp3) is 0.333. The van der Waals surface area contributed by atoms with E-state index in [4.69, 9.17) is 0 Å². The van der Waals surface area contributed by atoms with Crippen molar-refractivity contribution < 1.29 is 0 Å². The van der Waals surface area contributed by atoms with E-state index < -0.39 is 8.80 Å². The highest BCUT2D eigenvalue weighted by atomic mass is 79.9. The molecule has 3 rings (SSSR count). The molecule has 0 unspecified atom stereocenters. The Bertz CT molecular complexity index is 872. The molecule has 116 valence electrons. The van der Waals surface area contributed by atoms with Crippen LogP contribution in [0.15, 0.2) is 33.2 Å². The molecule has 0 radical (unpaired) electrons. The fourth-order valence-corrected chi connectivity index (χ4v) is 6.92. The number of fused-ring (bicyclic) bond motifs is 3. The lowest BCUT2D eigenvalue weighted by Gasteiger charge is -2.27. The second kappa shape index (κ2) is 5.50. The van der Waals surface area contributed by atoms with Gasteiger partial charge >= 0.3 is 0 Å². The molecule has 0 amide bonds. The number of aromatic nitrogens is 1. The molecule has 0 bridgehead atoms. The first-order valence-electron chi connectivity index (χ1n) is 7.64. The van der Waals surface area contributed by atoms with Crippen molar-refractivity contribution in [3.63, 3.8) is 0 Å². The van der Waals surface area contributed by atoms with E-state index in [1.165, 1.54) is 31.8 Å². The highest BCUT2D eigenvalue weighted by Crippen LogP contribution is 2.35. The zero-order valence-electron chi connectivity index (χ0n) is 13.6. The molecule has 1 N–H and O–H groups in total. The minimum Gasteiger partial charge on any atom is -0.355 e. The Hall–Kier alpha value is -0.583. The summed E-state index contributed by atoms with van der Waals surface area (Å²) in [6.45, 7) is 11.7. The summed E-state index contributed by atoms with van der Waals surface area (Å²) in [6, 6.07) is 8.77. The van der Waals surface area contributed by atoms with Crippen LogP contribution in [0.2, 0.25) is 13.1 Å². The smallest absolute Gasteiger partial charge is 0.0679 e. The van der Waals surface area contributed by atoms with Crippen molar-refractivity contribution in [1.29, 1.82) is 0 Å². The third-order valence-electron chi connectivity index (χ3n) is 4.18. The standard InChI is InChI=1S/C18H21Br2NSi/c1-18(2,3)15-13(20)9-12-11-8-10(19)6-7-14(11)21-16(12)17(15)22(4)5/h6-9,21-22H,1-5H3. The van der Waals surface area contributed by atoms with E-state index in [9.17, 15) is 0 Å². The average Bonchev–Trinajstić information content (AvgIpc) is 2.73. The van der Waals surface area contributed by atoms with Gasteiger partial charge in [0.05, 0.1) is 8.80 Å². The molecular formula is C18H21Br2NSi. The number of aromatic amines is 1. The largest absolute Gasteiger partial charge is 0.355 e. The summed E-state index contributed by atoms with van der Waals surface area (Å²) in [5, 5.41) is 4.18. The molecule has 3 aromatic rings. The number of benzene rings is 2. The summed E-state index contributed by atoms with van der Waals surface area (Å²) in [5.74, 6) is 0. The van der Waals surface area contributed by atoms with Crippen LogP contribution in [0.4, 0.5) is 0 Å². The predicted molar refractivity (Wildman–Crippen MR) is 108 cm³/mol. The molecule has 0 aliphatic heterocycles. The van der Waals surface area contributed by atoms with Crippen molar-refractivity contribution in [1.82, 2.24) is 4.98 Å². The quantitative estimate of drug-likeness (QED) is 0.459. The van der Waals surface area contributed by atoms with Gasteiger partial charge in [-0.15, -0.1) is 0 Å². The van der Waals surface area contributed by atoms with Crippen LogP contribution in [0.3, 0.4) is 0 Å². The maximum atomic E-state index is 3.86. The first-order valence-corrected chi connectivity index (χ1v) is 12.1. The van der Waals surface area contributed by atoms with E-state index in [-0.39, 0.29) is 5.41 Å². The molecule has 0 saturated carbocycles. The van der Waals surface area contributed by atoms with Crippen LogP contribution < -0.4 is 5.19 Å². The van der Waals surface area contributed by atoms with Crippen molar-refractivity contribution in [2.45, 2.75) is 39.3 Å². The van der Waals surface area contributed by atoms with Crippen LogP contribution in [0.25, 0.3) is 21.8 Å². The Labute approximate surface area is 150 Å². The van der Waals surface area contributed by atoms with Gasteiger partial charge in [0, 0.05) is 30.8 Å². The molecular weight excluding hydrogens is 418 g/mol. The molecule has 0 aliphatic carbocycles. The van der Waals surface area contributed by atoms with Gasteiger partial charge in [0.1, 0.15) is 0 Å². The maximum Gasteiger partial charge on any atom is 0.0679 e. The summed E-state index contributed by atoms with van der Waals surface area (Å²) in [7, 11) is -0.989. The van der Waals surface area contributed by atoms with Gasteiger partial charge in [0.15, 0.2) is 0 Å². The number of rotatable bonds is 1. The van der Waals surface area contributed by atoms with Crippen molar-refractivity contribution in [3.05, 3.63) is 38.8 Å². The Balaban J connectivity index is 2.53. The molecule has 0 fully saturated rings. The lowest BCUT2D eigenvalue weighted by atomic mass is 9.86. The number of hydrogen-bond acceptors (Lipinski definition) is 0. The number of nitrogens with one attached hydrogen (secondary N) is 1. The Kier molecular flexibility index (Phi) is 4.07. The van der Waals surface area contributed by atoms with Crippen LogP contribution in [0.1, 0.15) is 26.3 Å². The molecule has 22 heavy (non-hydrogen) atoms. The van der Waals surface area contributed by atoms with E-state index >= 15 is 0 Å². The van der Waals surface area contributed by atoms with Gasteiger partial charge < -0.3 is 4.98 Å². The maximum absolute atomic E-state index is 3.86. The van der Waals surface area contributed by atoms with Crippen LogP contribution in [0.5, 0.6) is 0 Å². The van der Waals surface area contributed by atoms with Gasteiger partial charge in [0.2, 0.25) is 0 Å². The molecule has 0 aliphatic rings. The van der Waals surface area contributed by atoms with Gasteiger partial charge in [-0.2, -0.15) is 0 Å². The highest BCUT2D eigenvalue weighted by Gasteiger charge is 2.26. The molecule has 0 saturated heterocycles. The lowest BCUT2D eigenvalue weighted by Crippen LogP contribution is -2.34. The molecule has 0 atom stereocenters. The first kappa shape index (κ1) is 16.3. The van der Waals surface area contributed by atoms with Crippen molar-refractivity contribution >= 4 is 67.6 Å². The van der Waals surface area contributed by atoms with E-state index in [1.54, 1.807) is 5.19 Å². The number of H-pyrrole nitrogens is 1. The third kappa shape index (κ3) is 2.59. The van der Waals surface area contributed by atoms with Crippen LogP contribution in [-0.2, 0) is 5.41 Å². The molecule has 0 spiro atoms. The van der Waals surface area contributed by atoms with Gasteiger partial charge in [0.25, 0.3) is 0 Å². The SMILES string of the molecule is C[SiH](C)c1c(C(C)(C)C)c(Br)cc2c1[nH]c1ccc(Br)cc12. The summed E-state index contributed by atoms with van der Waals surface area (Å²) >= 11 is 7.46. The normalized spacial score (nSPS) is 12.7. The molecule has 1 nitrogen and oxygen atoms in total. The third-order valence-corrected chi connectivity index (χ3v) is 7.03. The first-order chi connectivity index (χ1) is 10.2. The summed E-state index contributed by atoms with van der Waals surface area (Å²) in [4.78, 5) is 3.69. The topological polar surface area (TPSA) is 15.8 Å². The molecule has 1 heterocycles. The second-order valence-electron chi connectivity index (χ2n) is 7.29. The fourth-order valence-electron chi connectivity index (χ4n) is 3.34. The molecule has 2 aromatic carbocycles. The van der Waals surface area contributed by atoms with Crippen LogP contribution in [0, 0.1) is 0 Å². The minimum atomic E-state index is -0.989. The minimum absolute atomic E-state index is 0.136. The number of halogens is 2. The lowest BCUT2D eigenvalue weighted by molar-refractivity contribution is 0.591. The predicted octanol–water partition coefficient (Wildman–Crippen LogP) is 5.84. The van der Waals surface area contributed by atoms with Crippen LogP contribution >= 0.6 is 31.9 Å². The average molecular weight is 439 g/mol. The molecule has 4 heteroatoms. The Morgan fingerprint density at radius 2 is 1.68 bits per heavy atom. The summed E-state index contributed by atoms with van der Waals surface area (Å²) in [6.07, 6.45) is 0. The van der Waals surface area contributed by atoms with Crippen molar-refractivity contribution in [2.24, 2.45) is 0 Å². The van der Waals surface area contributed by atoms with E-state index in [1.807, 2.05) is 0 Å². The van der Waals surface area contributed by atoms with E-state index in [0.717, 1.165) is 4.47 Å². The van der Waals surface area contributed by atoms with Gasteiger partial charge in [-0.05, 0) is 40.4 Å². The van der Waals surface area contributed by atoms with Crippen molar-refractivity contribution in [2.75, 3.05) is 0 Å². The van der Waals surface area contributed by atoms with Crippen LogP contribution in [-0.4, -0.2) is 13.8 Å². The molecule has 1 aromatic heterocycles. The monoisotopic (exact) mass is 437 g/mol. The summed E-state index contributed by atoms with van der Waals surface area (Å²) in [5.41, 5.74) is 4.15. The van der Waals surface area contributed by atoms with Gasteiger partial charge in [-0.1, -0.05) is 65.7 Å². The zero-order valence-corrected chi connectivity index (χ0v) is 18.0. The van der Waals surface area contributed by atoms with E-state index in [2.05, 4.69) is 95.0 Å². The van der Waals surface area contributed by atoms with Gasteiger partial charge in [-0.25, -0.2) is 0 Å². The summed E-state index contributed by atoms with van der Waals surface area (Å²) < 4.78 is 2.37. The Morgan fingerprint density at radius 3 is 2.27 bits per heavy atom. The van der Waals surface area contributed by atoms with Crippen molar-refractivity contribution in [3.8, 4) is 0 Å². The number of hydrogen-bond donors (Lipinski definition) is 1. The zero-order chi connectivity index (χ0) is 16.2. The highest BCUT2D eigenvalue weighted by molar-refractivity contribution is 9.10. The van der Waals surface area contributed by atoms with Gasteiger partial charge in [-0.3, -0.25) is 0 Å².